The molecule has 0 aromatic heterocycles. The monoisotopic (exact) mass is 223 g/mol. The molecule has 0 saturated carbocycles. The smallest absolute Gasteiger partial charge is 0.119 e. The van der Waals surface area contributed by atoms with E-state index in [4.69, 9.17) is 9.47 Å². The van der Waals surface area contributed by atoms with Crippen molar-refractivity contribution in [3.8, 4) is 5.75 Å². The summed E-state index contributed by atoms with van der Waals surface area (Å²) >= 11 is 0. The summed E-state index contributed by atoms with van der Waals surface area (Å²) in [5.41, 5.74) is 0. The summed E-state index contributed by atoms with van der Waals surface area (Å²) in [4.78, 5) is 0. The van der Waals surface area contributed by atoms with E-state index in [0.29, 0.717) is 12.6 Å². The molecule has 1 rings (SSSR count). The standard InChI is InChI=1S/C13H21NO2/c1-3-15-11-12(2)14-9-10-16-13-7-5-4-6-8-13/h4-8,12,14H,3,9-11H2,1-2H3. The topological polar surface area (TPSA) is 30.5 Å². The van der Waals surface area contributed by atoms with Gasteiger partial charge in [0.25, 0.3) is 0 Å². The molecule has 0 spiro atoms. The third kappa shape index (κ3) is 5.73. The van der Waals surface area contributed by atoms with Crippen LogP contribution in [0.1, 0.15) is 13.8 Å². The molecule has 0 amide bonds. The molecule has 0 saturated heterocycles. The Hall–Kier alpha value is -1.06. The molecule has 1 atom stereocenters. The molecule has 16 heavy (non-hydrogen) atoms. The number of para-hydroxylation sites is 1. The van der Waals surface area contributed by atoms with Gasteiger partial charge in [0.1, 0.15) is 12.4 Å². The van der Waals surface area contributed by atoms with Gasteiger partial charge in [0.2, 0.25) is 0 Å². The maximum Gasteiger partial charge on any atom is 0.119 e. The summed E-state index contributed by atoms with van der Waals surface area (Å²) in [6, 6.07) is 10.2. The molecule has 0 bridgehead atoms. The van der Waals surface area contributed by atoms with Gasteiger partial charge in [0.05, 0.1) is 6.61 Å². The van der Waals surface area contributed by atoms with Gasteiger partial charge in [-0.05, 0) is 26.0 Å². The van der Waals surface area contributed by atoms with Crippen molar-refractivity contribution in [3.05, 3.63) is 30.3 Å². The van der Waals surface area contributed by atoms with Gasteiger partial charge in [0, 0.05) is 19.2 Å². The van der Waals surface area contributed by atoms with E-state index in [2.05, 4.69) is 12.2 Å². The molecule has 1 unspecified atom stereocenters. The van der Waals surface area contributed by atoms with Crippen LogP contribution in [0.25, 0.3) is 0 Å². The van der Waals surface area contributed by atoms with Crippen LogP contribution in [0.2, 0.25) is 0 Å². The first-order chi connectivity index (χ1) is 7.83. The number of hydrogen-bond donors (Lipinski definition) is 1. The first kappa shape index (κ1) is 13.0. The van der Waals surface area contributed by atoms with Crippen molar-refractivity contribution in [3.63, 3.8) is 0 Å². The number of hydrogen-bond acceptors (Lipinski definition) is 3. The van der Waals surface area contributed by atoms with Gasteiger partial charge in [-0.15, -0.1) is 0 Å². The number of rotatable bonds is 8. The Kier molecular flexibility index (Phi) is 6.61. The molecule has 0 radical (unpaired) electrons. The van der Waals surface area contributed by atoms with Crippen molar-refractivity contribution in [1.29, 1.82) is 0 Å². The maximum absolute atomic E-state index is 5.56. The average Bonchev–Trinajstić information content (AvgIpc) is 2.33. The lowest BCUT2D eigenvalue weighted by molar-refractivity contribution is 0.126. The Morgan fingerprint density at radius 3 is 2.69 bits per heavy atom. The Morgan fingerprint density at radius 1 is 1.25 bits per heavy atom. The van der Waals surface area contributed by atoms with E-state index in [1.54, 1.807) is 0 Å². The van der Waals surface area contributed by atoms with E-state index in [-0.39, 0.29) is 0 Å². The zero-order valence-corrected chi connectivity index (χ0v) is 10.1. The third-order valence-electron chi connectivity index (χ3n) is 2.18. The van der Waals surface area contributed by atoms with Gasteiger partial charge in [-0.1, -0.05) is 18.2 Å². The molecule has 0 aliphatic heterocycles. The highest BCUT2D eigenvalue weighted by atomic mass is 16.5. The summed E-state index contributed by atoms with van der Waals surface area (Å²) in [5.74, 6) is 0.918. The summed E-state index contributed by atoms with van der Waals surface area (Å²) in [6.45, 7) is 7.15. The summed E-state index contributed by atoms with van der Waals surface area (Å²) in [5, 5.41) is 3.34. The molecule has 3 nitrogen and oxygen atoms in total. The van der Waals surface area contributed by atoms with Gasteiger partial charge in [0.15, 0.2) is 0 Å². The Labute approximate surface area is 97.8 Å². The number of benzene rings is 1. The van der Waals surface area contributed by atoms with Crippen LogP contribution in [0.3, 0.4) is 0 Å². The highest BCUT2D eigenvalue weighted by molar-refractivity contribution is 5.20. The number of nitrogens with one attached hydrogen (secondary N) is 1. The summed E-state index contributed by atoms with van der Waals surface area (Å²) in [6.07, 6.45) is 0. The van der Waals surface area contributed by atoms with Crippen LogP contribution in [0.15, 0.2) is 30.3 Å². The third-order valence-corrected chi connectivity index (χ3v) is 2.18. The Morgan fingerprint density at radius 2 is 2.00 bits per heavy atom. The zero-order chi connectivity index (χ0) is 11.6. The molecule has 0 fully saturated rings. The Bertz CT molecular complexity index is 264. The van der Waals surface area contributed by atoms with E-state index >= 15 is 0 Å². The molecule has 0 aliphatic carbocycles. The number of ether oxygens (including phenoxy) is 2. The second kappa shape index (κ2) is 8.13. The lowest BCUT2D eigenvalue weighted by Crippen LogP contribution is -2.33. The second-order valence-electron chi connectivity index (χ2n) is 3.68. The van der Waals surface area contributed by atoms with E-state index in [0.717, 1.165) is 25.5 Å². The molecular formula is C13H21NO2. The van der Waals surface area contributed by atoms with Gasteiger partial charge in [-0.25, -0.2) is 0 Å². The second-order valence-corrected chi connectivity index (χ2v) is 3.68. The van der Waals surface area contributed by atoms with Crippen molar-refractivity contribution < 1.29 is 9.47 Å². The molecule has 0 aliphatic rings. The van der Waals surface area contributed by atoms with Crippen LogP contribution in [0, 0.1) is 0 Å². The highest BCUT2D eigenvalue weighted by Crippen LogP contribution is 2.07. The summed E-state index contributed by atoms with van der Waals surface area (Å²) in [7, 11) is 0. The van der Waals surface area contributed by atoms with Crippen molar-refractivity contribution in [2.24, 2.45) is 0 Å². The molecule has 1 aromatic rings. The van der Waals surface area contributed by atoms with Crippen LogP contribution < -0.4 is 10.1 Å². The minimum Gasteiger partial charge on any atom is -0.492 e. The van der Waals surface area contributed by atoms with Gasteiger partial charge in [-0.3, -0.25) is 0 Å². The lowest BCUT2D eigenvalue weighted by atomic mass is 10.3. The van der Waals surface area contributed by atoms with Gasteiger partial charge >= 0.3 is 0 Å². The molecule has 1 N–H and O–H groups in total. The fourth-order valence-electron chi connectivity index (χ4n) is 1.34. The minimum absolute atomic E-state index is 0.374. The van der Waals surface area contributed by atoms with Crippen LogP contribution in [-0.4, -0.2) is 32.4 Å². The van der Waals surface area contributed by atoms with E-state index in [9.17, 15) is 0 Å². The Balaban J connectivity index is 2.03. The molecular weight excluding hydrogens is 202 g/mol. The normalized spacial score (nSPS) is 12.4. The van der Waals surface area contributed by atoms with Gasteiger partial charge < -0.3 is 14.8 Å². The SMILES string of the molecule is CCOCC(C)NCCOc1ccccc1. The first-order valence-corrected chi connectivity index (χ1v) is 5.82. The predicted octanol–water partition coefficient (Wildman–Crippen LogP) is 2.08. The fourth-order valence-corrected chi connectivity index (χ4v) is 1.34. The largest absolute Gasteiger partial charge is 0.492 e. The quantitative estimate of drug-likeness (QED) is 0.684. The summed E-state index contributed by atoms with van der Waals surface area (Å²) < 4.78 is 10.9. The van der Waals surface area contributed by atoms with Crippen molar-refractivity contribution >= 4 is 0 Å². The minimum atomic E-state index is 0.374. The molecule has 0 heterocycles. The molecule has 90 valence electrons. The average molecular weight is 223 g/mol. The van der Waals surface area contributed by atoms with Crippen molar-refractivity contribution in [2.75, 3.05) is 26.4 Å². The zero-order valence-electron chi connectivity index (χ0n) is 10.1. The molecule has 1 aromatic carbocycles. The van der Waals surface area contributed by atoms with Crippen LogP contribution >= 0.6 is 0 Å². The predicted molar refractivity (Wildman–Crippen MR) is 65.9 cm³/mol. The highest BCUT2D eigenvalue weighted by Gasteiger charge is 1.99. The van der Waals surface area contributed by atoms with Crippen molar-refractivity contribution in [2.45, 2.75) is 19.9 Å². The lowest BCUT2D eigenvalue weighted by Gasteiger charge is -2.13. The van der Waals surface area contributed by atoms with E-state index in [1.165, 1.54) is 0 Å². The van der Waals surface area contributed by atoms with Crippen LogP contribution in [0.4, 0.5) is 0 Å². The van der Waals surface area contributed by atoms with Crippen molar-refractivity contribution in [1.82, 2.24) is 5.32 Å². The molecule has 3 heteroatoms. The van der Waals surface area contributed by atoms with E-state index < -0.39 is 0 Å². The van der Waals surface area contributed by atoms with Crippen LogP contribution in [0.5, 0.6) is 5.75 Å². The van der Waals surface area contributed by atoms with Gasteiger partial charge in [-0.2, -0.15) is 0 Å². The van der Waals surface area contributed by atoms with Crippen LogP contribution in [-0.2, 0) is 4.74 Å². The fraction of sp³-hybridized carbons (Fsp3) is 0.538. The van der Waals surface area contributed by atoms with E-state index in [1.807, 2.05) is 37.3 Å². The first-order valence-electron chi connectivity index (χ1n) is 5.82. The maximum atomic E-state index is 5.56.